The Balaban J connectivity index is 1.61. The monoisotopic (exact) mass is 434 g/mol. The molecule has 0 saturated heterocycles. The maximum atomic E-state index is 15.3. The molecule has 2 heterocycles. The first-order valence-electron chi connectivity index (χ1n) is 10.4. The summed E-state index contributed by atoms with van der Waals surface area (Å²) in [7, 11) is 0. The molecule has 0 unspecified atom stereocenters. The molecule has 2 aromatic carbocycles. The Morgan fingerprint density at radius 1 is 1.16 bits per heavy atom. The van der Waals surface area contributed by atoms with Crippen LogP contribution in [0.1, 0.15) is 35.7 Å². The van der Waals surface area contributed by atoms with Gasteiger partial charge in [-0.3, -0.25) is 0 Å². The molecule has 1 N–H and O–H groups in total. The number of aryl methyl sites for hydroxylation is 1. The van der Waals surface area contributed by atoms with Gasteiger partial charge in [-0.05, 0) is 48.2 Å². The second-order valence-electron chi connectivity index (χ2n) is 7.62. The van der Waals surface area contributed by atoms with Crippen LogP contribution in [0.5, 0.6) is 11.5 Å². The Labute approximate surface area is 185 Å². The molecule has 1 aliphatic rings. The molecular weight excluding hydrogens is 411 g/mol. The quantitative estimate of drug-likeness (QED) is 0.544. The van der Waals surface area contributed by atoms with E-state index >= 15 is 4.39 Å². The first kappa shape index (κ1) is 21.5. The molecule has 4 rings (SSSR count). The van der Waals surface area contributed by atoms with Crippen LogP contribution in [-0.2, 0) is 22.5 Å². The topological polar surface area (TPSA) is 81.0 Å². The smallest absolute Gasteiger partial charge is 0.340 e. The highest BCUT2D eigenvalue weighted by atomic mass is 19.1. The van der Waals surface area contributed by atoms with Gasteiger partial charge >= 0.3 is 5.97 Å². The molecule has 0 fully saturated rings. The van der Waals surface area contributed by atoms with Gasteiger partial charge in [0.1, 0.15) is 23.8 Å². The number of carbonyl (C=O) groups is 1. The molecule has 0 radical (unpaired) electrons. The third kappa shape index (κ3) is 4.46. The highest BCUT2D eigenvalue weighted by Gasteiger charge is 2.21. The number of pyridine rings is 1. The molecule has 1 aromatic heterocycles. The molecule has 0 saturated carbocycles. The van der Waals surface area contributed by atoms with E-state index in [1.54, 1.807) is 18.2 Å². The van der Waals surface area contributed by atoms with E-state index in [1.165, 1.54) is 0 Å². The maximum Gasteiger partial charge on any atom is 0.340 e. The third-order valence-corrected chi connectivity index (χ3v) is 5.38. The van der Waals surface area contributed by atoms with Gasteiger partial charge in [0.25, 0.3) is 0 Å². The molecule has 0 aliphatic carbocycles. The van der Waals surface area contributed by atoms with Gasteiger partial charge in [0.05, 0.1) is 6.42 Å². The van der Waals surface area contributed by atoms with Crippen molar-refractivity contribution in [3.05, 3.63) is 76.7 Å². The van der Waals surface area contributed by atoms with E-state index < -0.39 is 11.8 Å². The zero-order valence-electron chi connectivity index (χ0n) is 17.9. The van der Waals surface area contributed by atoms with E-state index in [-0.39, 0.29) is 24.5 Å². The number of aromatic nitrogens is 1. The van der Waals surface area contributed by atoms with Crippen molar-refractivity contribution in [1.82, 2.24) is 4.98 Å². The molecule has 0 amide bonds. The highest BCUT2D eigenvalue weighted by Crippen LogP contribution is 2.32. The van der Waals surface area contributed by atoms with Crippen molar-refractivity contribution in [1.29, 1.82) is 0 Å². The first-order chi connectivity index (χ1) is 15.5. The van der Waals surface area contributed by atoms with Crippen molar-refractivity contribution in [3.63, 3.8) is 0 Å². The molecule has 3 aromatic rings. The molecule has 0 spiro atoms. The summed E-state index contributed by atoms with van der Waals surface area (Å²) in [6.07, 6.45) is 0.947. The van der Waals surface area contributed by atoms with Crippen LogP contribution in [0.15, 0.2) is 53.7 Å². The van der Waals surface area contributed by atoms with Gasteiger partial charge in [0, 0.05) is 17.7 Å². The minimum atomic E-state index is -0.443. The third-order valence-electron chi connectivity index (χ3n) is 5.38. The van der Waals surface area contributed by atoms with Gasteiger partial charge in [-0.25, -0.2) is 14.2 Å². The summed E-state index contributed by atoms with van der Waals surface area (Å²) >= 11 is 0. The Morgan fingerprint density at radius 3 is 2.62 bits per heavy atom. The Hall–Kier alpha value is -3.74. The number of nitrogens with zero attached hydrogens (tertiary/aromatic N) is 2. The van der Waals surface area contributed by atoms with Gasteiger partial charge in [-0.15, -0.1) is 0 Å². The molecule has 6 nitrogen and oxygen atoms in total. The minimum Gasteiger partial charge on any atom is -0.506 e. The Morgan fingerprint density at radius 2 is 1.94 bits per heavy atom. The van der Waals surface area contributed by atoms with E-state index in [0.717, 1.165) is 22.4 Å². The summed E-state index contributed by atoms with van der Waals surface area (Å²) in [6.45, 7) is 3.78. The molecule has 1 aliphatic heterocycles. The Kier molecular flexibility index (Phi) is 6.16. The van der Waals surface area contributed by atoms with Crippen LogP contribution in [0.4, 0.5) is 4.39 Å². The van der Waals surface area contributed by atoms with Crippen molar-refractivity contribution >= 4 is 11.7 Å². The molecular formula is C25H23FN2O4. The summed E-state index contributed by atoms with van der Waals surface area (Å²) < 4.78 is 20.9. The van der Waals surface area contributed by atoms with Gasteiger partial charge in [-0.1, -0.05) is 42.4 Å². The second-order valence-corrected chi connectivity index (χ2v) is 7.62. The van der Waals surface area contributed by atoms with Crippen molar-refractivity contribution in [2.75, 3.05) is 6.61 Å². The normalized spacial score (nSPS) is 13.1. The molecule has 0 bridgehead atoms. The summed E-state index contributed by atoms with van der Waals surface area (Å²) in [5.41, 5.74) is 4.72. The standard InChI is InChI=1S/C25H23FN2O4/c1-3-19-20(12-17-9-10-21(29)25(27-17)16-7-5-4-6-8-16)15(2)11-22(24(19)26)31-14-18-13-23(30)32-28-18/h4-11,29H,3,12-14H2,1-2H3. The fraction of sp³-hybridized carbons (Fsp3) is 0.240. The number of benzene rings is 2. The number of hydrogen-bond donors (Lipinski definition) is 1. The molecule has 0 atom stereocenters. The lowest BCUT2D eigenvalue weighted by molar-refractivity contribution is -0.140. The van der Waals surface area contributed by atoms with Crippen LogP contribution in [0.2, 0.25) is 0 Å². The summed E-state index contributed by atoms with van der Waals surface area (Å²) in [4.78, 5) is 20.3. The van der Waals surface area contributed by atoms with Crippen molar-refractivity contribution in [2.24, 2.45) is 5.16 Å². The number of rotatable bonds is 7. The summed E-state index contributed by atoms with van der Waals surface area (Å²) in [6, 6.07) is 14.5. The van der Waals surface area contributed by atoms with Crippen LogP contribution in [0.25, 0.3) is 11.3 Å². The Bertz CT molecular complexity index is 1190. The number of hydrogen-bond acceptors (Lipinski definition) is 6. The van der Waals surface area contributed by atoms with E-state index in [2.05, 4.69) is 15.0 Å². The first-order valence-corrected chi connectivity index (χ1v) is 10.4. The van der Waals surface area contributed by atoms with Gasteiger partial charge in [-0.2, -0.15) is 0 Å². The number of ether oxygens (including phenoxy) is 1. The molecule has 7 heteroatoms. The molecule has 164 valence electrons. The number of oxime groups is 1. The highest BCUT2D eigenvalue weighted by molar-refractivity contribution is 6.02. The van der Waals surface area contributed by atoms with E-state index in [4.69, 9.17) is 4.74 Å². The van der Waals surface area contributed by atoms with Crippen LogP contribution >= 0.6 is 0 Å². The lowest BCUT2D eigenvalue weighted by atomic mass is 9.94. The molecule has 32 heavy (non-hydrogen) atoms. The number of halogens is 1. The van der Waals surface area contributed by atoms with E-state index in [0.29, 0.717) is 29.8 Å². The van der Waals surface area contributed by atoms with Gasteiger partial charge in [0.15, 0.2) is 11.6 Å². The predicted molar refractivity (Wildman–Crippen MR) is 118 cm³/mol. The largest absolute Gasteiger partial charge is 0.506 e. The van der Waals surface area contributed by atoms with Crippen molar-refractivity contribution < 1.29 is 23.9 Å². The summed E-state index contributed by atoms with van der Waals surface area (Å²) in [5.74, 6) is -0.657. The second kappa shape index (κ2) is 9.18. The fourth-order valence-electron chi connectivity index (χ4n) is 3.75. The van der Waals surface area contributed by atoms with Crippen LogP contribution in [0.3, 0.4) is 0 Å². The van der Waals surface area contributed by atoms with E-state index in [9.17, 15) is 9.90 Å². The maximum absolute atomic E-state index is 15.3. The average Bonchev–Trinajstić information content (AvgIpc) is 3.22. The van der Waals surface area contributed by atoms with Crippen molar-refractivity contribution in [2.45, 2.75) is 33.1 Å². The van der Waals surface area contributed by atoms with Crippen LogP contribution in [0, 0.1) is 12.7 Å². The summed E-state index contributed by atoms with van der Waals surface area (Å²) in [5, 5.41) is 13.9. The van der Waals surface area contributed by atoms with Gasteiger partial charge < -0.3 is 14.7 Å². The van der Waals surface area contributed by atoms with Crippen molar-refractivity contribution in [3.8, 4) is 22.8 Å². The minimum absolute atomic E-state index is 0.00937. The lowest BCUT2D eigenvalue weighted by Crippen LogP contribution is -2.13. The number of aromatic hydroxyl groups is 1. The zero-order chi connectivity index (χ0) is 22.7. The van der Waals surface area contributed by atoms with E-state index in [1.807, 2.05) is 44.2 Å². The zero-order valence-corrected chi connectivity index (χ0v) is 17.9. The predicted octanol–water partition coefficient (Wildman–Crippen LogP) is 4.74. The van der Waals surface area contributed by atoms with Gasteiger partial charge in [0.2, 0.25) is 0 Å². The number of carbonyl (C=O) groups excluding carboxylic acids is 1. The SMILES string of the molecule is CCc1c(F)c(OCC2=NOC(=O)C2)cc(C)c1Cc1ccc(O)c(-c2ccccc2)n1. The van der Waals surface area contributed by atoms with Crippen LogP contribution in [-0.4, -0.2) is 28.4 Å². The van der Waals surface area contributed by atoms with Crippen LogP contribution < -0.4 is 4.74 Å². The fourth-order valence-corrected chi connectivity index (χ4v) is 3.75. The lowest BCUT2D eigenvalue weighted by Gasteiger charge is -2.17. The average molecular weight is 434 g/mol.